The second-order valence-corrected chi connectivity index (χ2v) is 9.21. The number of nitriles is 1. The molecule has 3 aliphatic rings. The molecule has 0 N–H and O–H groups in total. The normalized spacial score (nSPS) is 24.1. The van der Waals surface area contributed by atoms with Crippen LogP contribution in [0.1, 0.15) is 27.9 Å². The van der Waals surface area contributed by atoms with Gasteiger partial charge in [-0.3, -0.25) is 9.59 Å². The molecule has 0 radical (unpaired) electrons. The third-order valence-electron chi connectivity index (χ3n) is 6.32. The molecule has 9 heteroatoms. The topological polar surface area (TPSA) is 84.7 Å². The highest BCUT2D eigenvalue weighted by molar-refractivity contribution is 9.10. The fourth-order valence-corrected chi connectivity index (χ4v) is 5.50. The standard InChI is InChI=1S/C22H16BrClN4O3/c1-11-16(6-5-13(9-25)18(11)24)28-21(30)19-17-8-15(27(19)22(28)31)10-26(17)20(29)12-3-2-4-14(23)7-12/h2-7,15,17,19H,8,10H2,1H3/t15-,17-,19-/m0/s1. The summed E-state index contributed by atoms with van der Waals surface area (Å²) in [5.74, 6) is -0.516. The molecule has 0 saturated carbocycles. The Labute approximate surface area is 191 Å². The Morgan fingerprint density at radius 2 is 2.03 bits per heavy atom. The van der Waals surface area contributed by atoms with Crippen LogP contribution in [-0.2, 0) is 4.79 Å². The Bertz CT molecular complexity index is 1210. The van der Waals surface area contributed by atoms with Gasteiger partial charge in [-0.1, -0.05) is 33.6 Å². The van der Waals surface area contributed by atoms with Gasteiger partial charge in [0.2, 0.25) is 0 Å². The largest absolute Gasteiger partial charge is 0.332 e. The summed E-state index contributed by atoms with van der Waals surface area (Å²) in [6.07, 6.45) is 0.586. The molecule has 0 aliphatic carbocycles. The van der Waals surface area contributed by atoms with Crippen LogP contribution in [0.5, 0.6) is 0 Å². The highest BCUT2D eigenvalue weighted by Gasteiger charge is 2.63. The second kappa shape index (κ2) is 7.08. The van der Waals surface area contributed by atoms with Crippen LogP contribution in [0.15, 0.2) is 40.9 Å². The zero-order valence-electron chi connectivity index (χ0n) is 16.4. The number of carbonyl (C=O) groups is 3. The minimum atomic E-state index is -0.712. The third kappa shape index (κ3) is 2.80. The number of fused-ring (bicyclic) bond motifs is 5. The van der Waals surface area contributed by atoms with Crippen LogP contribution < -0.4 is 4.90 Å². The highest BCUT2D eigenvalue weighted by atomic mass is 79.9. The number of nitrogens with zero attached hydrogens (tertiary/aromatic N) is 4. The van der Waals surface area contributed by atoms with Crippen LogP contribution in [0.25, 0.3) is 0 Å². The van der Waals surface area contributed by atoms with Gasteiger partial charge in [-0.2, -0.15) is 5.26 Å². The molecule has 0 unspecified atom stereocenters. The summed E-state index contributed by atoms with van der Waals surface area (Å²) in [6, 6.07) is 10.5. The molecule has 0 aromatic heterocycles. The van der Waals surface area contributed by atoms with E-state index in [0.717, 1.165) is 9.37 Å². The lowest BCUT2D eigenvalue weighted by molar-refractivity contribution is -0.121. The van der Waals surface area contributed by atoms with E-state index in [0.29, 0.717) is 29.8 Å². The maximum atomic E-state index is 13.4. The number of halogens is 2. The second-order valence-electron chi connectivity index (χ2n) is 7.92. The molecule has 7 nitrogen and oxygen atoms in total. The van der Waals surface area contributed by atoms with Gasteiger partial charge in [0, 0.05) is 16.6 Å². The zero-order chi connectivity index (χ0) is 22.0. The average Bonchev–Trinajstić information content (AvgIpc) is 3.41. The van der Waals surface area contributed by atoms with Crippen LogP contribution in [0.2, 0.25) is 5.02 Å². The van der Waals surface area contributed by atoms with Gasteiger partial charge < -0.3 is 9.80 Å². The first-order valence-electron chi connectivity index (χ1n) is 9.75. The number of hydrogen-bond acceptors (Lipinski definition) is 4. The third-order valence-corrected chi connectivity index (χ3v) is 7.30. The van der Waals surface area contributed by atoms with Gasteiger partial charge in [0.15, 0.2) is 0 Å². The van der Waals surface area contributed by atoms with Gasteiger partial charge in [0.25, 0.3) is 11.8 Å². The minimum absolute atomic E-state index is 0.148. The van der Waals surface area contributed by atoms with Crippen LogP contribution in [0.3, 0.4) is 0 Å². The summed E-state index contributed by atoms with van der Waals surface area (Å²) in [5.41, 5.74) is 1.70. The fraction of sp³-hybridized carbons (Fsp3) is 0.273. The van der Waals surface area contributed by atoms with Crippen molar-refractivity contribution in [3.63, 3.8) is 0 Å². The van der Waals surface area contributed by atoms with Crippen molar-refractivity contribution < 1.29 is 14.4 Å². The number of rotatable bonds is 2. The van der Waals surface area contributed by atoms with Crippen molar-refractivity contribution in [3.8, 4) is 6.07 Å². The Morgan fingerprint density at radius 1 is 1.26 bits per heavy atom. The summed E-state index contributed by atoms with van der Waals surface area (Å²) < 4.78 is 0.802. The molecule has 156 valence electrons. The molecule has 2 aromatic carbocycles. The van der Waals surface area contributed by atoms with Crippen LogP contribution in [0.4, 0.5) is 10.5 Å². The van der Waals surface area contributed by atoms with E-state index < -0.39 is 12.1 Å². The quantitative estimate of drug-likeness (QED) is 0.590. The average molecular weight is 500 g/mol. The van der Waals surface area contributed by atoms with E-state index in [2.05, 4.69) is 15.9 Å². The van der Waals surface area contributed by atoms with Gasteiger partial charge in [0.05, 0.1) is 28.4 Å². The Kier molecular flexibility index (Phi) is 4.57. The first-order valence-corrected chi connectivity index (χ1v) is 10.9. The number of hydrogen-bond donors (Lipinski definition) is 0. The van der Waals surface area contributed by atoms with Gasteiger partial charge >= 0.3 is 6.03 Å². The summed E-state index contributed by atoms with van der Waals surface area (Å²) >= 11 is 9.65. The molecule has 2 aromatic rings. The molecular formula is C22H16BrClN4O3. The van der Waals surface area contributed by atoms with E-state index in [1.54, 1.807) is 41.0 Å². The van der Waals surface area contributed by atoms with E-state index >= 15 is 0 Å². The number of piperazine rings is 1. The molecule has 3 atom stereocenters. The van der Waals surface area contributed by atoms with E-state index in [1.165, 1.54) is 6.07 Å². The van der Waals surface area contributed by atoms with Crippen molar-refractivity contribution >= 4 is 51.1 Å². The number of likely N-dealkylation sites (tertiary alicyclic amines) is 1. The van der Waals surface area contributed by atoms with Crippen LogP contribution >= 0.6 is 27.5 Å². The van der Waals surface area contributed by atoms with E-state index in [4.69, 9.17) is 11.6 Å². The number of anilines is 1. The SMILES string of the molecule is Cc1c(N2C(=O)[C@@H]3[C@@H]4C[C@@H](CN4C(=O)c4cccc(Br)c4)N3C2=O)ccc(C#N)c1Cl. The van der Waals surface area contributed by atoms with Gasteiger partial charge in [-0.05, 0) is 49.2 Å². The predicted molar refractivity (Wildman–Crippen MR) is 117 cm³/mol. The monoisotopic (exact) mass is 498 g/mol. The van der Waals surface area contributed by atoms with E-state index in [-0.39, 0.29) is 34.5 Å². The summed E-state index contributed by atoms with van der Waals surface area (Å²) in [6.45, 7) is 2.08. The Balaban J connectivity index is 1.47. The zero-order valence-corrected chi connectivity index (χ0v) is 18.7. The first-order chi connectivity index (χ1) is 14.8. The summed E-state index contributed by atoms with van der Waals surface area (Å²) in [7, 11) is 0. The van der Waals surface area contributed by atoms with Crippen LogP contribution in [-0.4, -0.2) is 52.3 Å². The number of carbonyl (C=O) groups excluding carboxylic acids is 3. The van der Waals surface area contributed by atoms with Gasteiger partial charge in [0.1, 0.15) is 12.1 Å². The molecule has 31 heavy (non-hydrogen) atoms. The number of amides is 4. The van der Waals surface area contributed by atoms with Gasteiger partial charge in [-0.15, -0.1) is 0 Å². The highest BCUT2D eigenvalue weighted by Crippen LogP contribution is 2.44. The lowest BCUT2D eigenvalue weighted by Crippen LogP contribution is -2.54. The van der Waals surface area contributed by atoms with Crippen molar-refractivity contribution in [2.24, 2.45) is 0 Å². The number of benzene rings is 2. The minimum Gasteiger partial charge on any atom is -0.331 e. The Hall–Kier alpha value is -2.89. The van der Waals surface area contributed by atoms with Crippen molar-refractivity contribution in [1.29, 1.82) is 5.26 Å². The van der Waals surface area contributed by atoms with Crippen LogP contribution in [0, 0.1) is 18.3 Å². The molecule has 0 spiro atoms. The number of urea groups is 1. The molecule has 4 amide bonds. The molecule has 2 bridgehead atoms. The summed E-state index contributed by atoms with van der Waals surface area (Å²) in [4.78, 5) is 44.1. The molecular weight excluding hydrogens is 484 g/mol. The van der Waals surface area contributed by atoms with Crippen molar-refractivity contribution in [2.75, 3.05) is 11.4 Å². The fourth-order valence-electron chi connectivity index (χ4n) is 4.90. The lowest BCUT2D eigenvalue weighted by Gasteiger charge is -2.35. The molecule has 5 rings (SSSR count). The van der Waals surface area contributed by atoms with E-state index in [9.17, 15) is 19.6 Å². The molecule has 3 heterocycles. The van der Waals surface area contributed by atoms with Crippen molar-refractivity contribution in [3.05, 3.63) is 62.6 Å². The first kappa shape index (κ1) is 20.0. The number of imide groups is 1. The molecule has 3 aliphatic heterocycles. The lowest BCUT2D eigenvalue weighted by atomic mass is 10.1. The smallest absolute Gasteiger partial charge is 0.331 e. The van der Waals surface area contributed by atoms with Crippen molar-refractivity contribution in [1.82, 2.24) is 9.80 Å². The predicted octanol–water partition coefficient (Wildman–Crippen LogP) is 3.72. The van der Waals surface area contributed by atoms with E-state index in [1.807, 2.05) is 12.1 Å². The molecule has 3 fully saturated rings. The maximum absolute atomic E-state index is 13.4. The molecule has 3 saturated heterocycles. The Morgan fingerprint density at radius 3 is 2.74 bits per heavy atom. The van der Waals surface area contributed by atoms with Crippen molar-refractivity contribution in [2.45, 2.75) is 31.5 Å². The summed E-state index contributed by atoms with van der Waals surface area (Å²) in [5, 5.41) is 9.40. The maximum Gasteiger partial charge on any atom is 0.332 e. The van der Waals surface area contributed by atoms with Gasteiger partial charge in [-0.25, -0.2) is 9.69 Å².